The van der Waals surface area contributed by atoms with Crippen LogP contribution in [-0.4, -0.2) is 8.80 Å². The van der Waals surface area contributed by atoms with E-state index >= 15 is 0 Å². The summed E-state index contributed by atoms with van der Waals surface area (Å²) in [5.41, 5.74) is 5.61. The van der Waals surface area contributed by atoms with Crippen LogP contribution in [0.5, 0.6) is 0 Å². The minimum Gasteiger partial charge on any atom is -0.0714 e. The zero-order valence-corrected chi connectivity index (χ0v) is 11.8. The highest BCUT2D eigenvalue weighted by Crippen LogP contribution is 2.40. The molecule has 1 aromatic rings. The number of hydrogen-bond acceptors (Lipinski definition) is 0. The first-order chi connectivity index (χ1) is 7.74. The Hall–Kier alpha value is -0.823. The van der Waals surface area contributed by atoms with Crippen LogP contribution >= 0.6 is 0 Å². The van der Waals surface area contributed by atoms with E-state index in [1.807, 2.05) is 0 Å². The fraction of sp³-hybridized carbons (Fsp3) is 0.467. The van der Waals surface area contributed by atoms with Crippen molar-refractivity contribution >= 4 is 14.9 Å². The molecule has 16 heavy (non-hydrogen) atoms. The van der Waals surface area contributed by atoms with Gasteiger partial charge in [-0.2, -0.15) is 0 Å². The Morgan fingerprint density at radius 3 is 2.62 bits per heavy atom. The summed E-state index contributed by atoms with van der Waals surface area (Å²) in [5, 5.41) is 0. The number of hydrogen-bond donors (Lipinski definition) is 0. The third-order valence-electron chi connectivity index (χ3n) is 3.56. The second-order valence-corrected chi connectivity index (χ2v) is 8.33. The lowest BCUT2D eigenvalue weighted by molar-refractivity contribution is 0.771. The molecule has 0 amide bonds. The Morgan fingerprint density at radius 1 is 1.19 bits per heavy atom. The molecule has 0 heterocycles. The van der Waals surface area contributed by atoms with Gasteiger partial charge in [0.2, 0.25) is 0 Å². The molecule has 0 nitrogen and oxygen atoms in total. The lowest BCUT2D eigenvalue weighted by Crippen LogP contribution is -2.16. The second-order valence-electron chi connectivity index (χ2n) is 5.17. The average Bonchev–Trinajstić information content (AvgIpc) is 2.64. The summed E-state index contributed by atoms with van der Waals surface area (Å²) >= 11 is 0. The summed E-state index contributed by atoms with van der Waals surface area (Å²) in [7, 11) is -0.629. The van der Waals surface area contributed by atoms with Gasteiger partial charge in [0, 0.05) is 8.80 Å². The Bertz CT molecular complexity index is 390. The fourth-order valence-corrected chi connectivity index (χ4v) is 4.95. The van der Waals surface area contributed by atoms with Crippen LogP contribution in [0.3, 0.4) is 0 Å². The topological polar surface area (TPSA) is 0 Å². The van der Waals surface area contributed by atoms with Gasteiger partial charge in [0.05, 0.1) is 0 Å². The maximum Gasteiger partial charge on any atom is 0.0439 e. The minimum absolute atomic E-state index is 0.629. The molecular formula is C15H22Si. The first-order valence-corrected chi connectivity index (χ1v) is 9.51. The van der Waals surface area contributed by atoms with E-state index in [-0.39, 0.29) is 0 Å². The van der Waals surface area contributed by atoms with Gasteiger partial charge in [0.25, 0.3) is 0 Å². The number of benzene rings is 1. The van der Waals surface area contributed by atoms with Crippen LogP contribution in [0.1, 0.15) is 42.9 Å². The van der Waals surface area contributed by atoms with Crippen molar-refractivity contribution < 1.29 is 0 Å². The van der Waals surface area contributed by atoms with E-state index < -0.39 is 8.80 Å². The van der Waals surface area contributed by atoms with Crippen LogP contribution in [-0.2, 0) is 0 Å². The van der Waals surface area contributed by atoms with E-state index in [1.54, 1.807) is 11.1 Å². The summed E-state index contributed by atoms with van der Waals surface area (Å²) in [4.78, 5) is 0. The van der Waals surface area contributed by atoms with Crippen molar-refractivity contribution in [3.63, 3.8) is 0 Å². The first kappa shape index (κ1) is 11.7. The predicted molar refractivity (Wildman–Crippen MR) is 75.6 cm³/mol. The van der Waals surface area contributed by atoms with Gasteiger partial charge in [0.1, 0.15) is 0 Å². The molecule has 1 heteroatoms. The first-order valence-electron chi connectivity index (χ1n) is 6.53. The monoisotopic (exact) mass is 230 g/mol. The lowest BCUT2D eigenvalue weighted by atomic mass is 10.1. The highest BCUT2D eigenvalue weighted by molar-refractivity contribution is 6.58. The van der Waals surface area contributed by atoms with Crippen LogP contribution in [0.2, 0.25) is 13.1 Å². The number of unbranched alkanes of at least 4 members (excludes halogenated alkanes) is 1. The maximum atomic E-state index is 2.48. The van der Waals surface area contributed by atoms with E-state index in [2.05, 4.69) is 50.4 Å². The predicted octanol–water partition coefficient (Wildman–Crippen LogP) is 4.38. The van der Waals surface area contributed by atoms with E-state index in [0.29, 0.717) is 0 Å². The molecule has 1 aliphatic rings. The van der Waals surface area contributed by atoms with E-state index in [9.17, 15) is 0 Å². The zero-order valence-electron chi connectivity index (χ0n) is 10.7. The van der Waals surface area contributed by atoms with E-state index in [4.69, 9.17) is 0 Å². The average molecular weight is 230 g/mol. The summed E-state index contributed by atoms with van der Waals surface area (Å²) < 4.78 is 0. The SMILES string of the molecule is CCCCC1=Cc2ccccc2C1[SiH](C)C. The lowest BCUT2D eigenvalue weighted by Gasteiger charge is -2.19. The molecule has 0 fully saturated rings. The molecule has 0 saturated heterocycles. The van der Waals surface area contributed by atoms with Crippen molar-refractivity contribution in [2.45, 2.75) is 44.8 Å². The molecule has 0 spiro atoms. The van der Waals surface area contributed by atoms with Crippen LogP contribution in [0.25, 0.3) is 6.08 Å². The largest absolute Gasteiger partial charge is 0.0714 e. The van der Waals surface area contributed by atoms with Crippen LogP contribution in [0, 0.1) is 0 Å². The second kappa shape index (κ2) is 5.01. The van der Waals surface area contributed by atoms with Crippen molar-refractivity contribution in [2.75, 3.05) is 0 Å². The van der Waals surface area contributed by atoms with E-state index in [0.717, 1.165) is 5.54 Å². The summed E-state index contributed by atoms with van der Waals surface area (Å²) in [6.07, 6.45) is 6.42. The molecule has 0 aromatic heterocycles. The number of allylic oxidation sites excluding steroid dienone is 1. The van der Waals surface area contributed by atoms with Gasteiger partial charge in [-0.25, -0.2) is 0 Å². The molecule has 0 radical (unpaired) electrons. The molecule has 1 atom stereocenters. The molecule has 1 unspecified atom stereocenters. The van der Waals surface area contributed by atoms with Gasteiger partial charge in [-0.3, -0.25) is 0 Å². The quantitative estimate of drug-likeness (QED) is 0.673. The Morgan fingerprint density at radius 2 is 1.94 bits per heavy atom. The van der Waals surface area contributed by atoms with Crippen molar-refractivity contribution in [1.29, 1.82) is 0 Å². The number of fused-ring (bicyclic) bond motifs is 1. The van der Waals surface area contributed by atoms with Crippen molar-refractivity contribution in [3.05, 3.63) is 41.0 Å². The molecule has 2 rings (SSSR count). The van der Waals surface area contributed by atoms with Gasteiger partial charge < -0.3 is 0 Å². The molecule has 1 aromatic carbocycles. The molecule has 1 aliphatic carbocycles. The van der Waals surface area contributed by atoms with Crippen molar-refractivity contribution in [1.82, 2.24) is 0 Å². The van der Waals surface area contributed by atoms with Gasteiger partial charge in [0.15, 0.2) is 0 Å². The van der Waals surface area contributed by atoms with Gasteiger partial charge in [-0.1, -0.05) is 62.4 Å². The Kier molecular flexibility index (Phi) is 3.65. The number of rotatable bonds is 4. The molecule has 0 aliphatic heterocycles. The highest BCUT2D eigenvalue weighted by Gasteiger charge is 2.27. The highest BCUT2D eigenvalue weighted by atomic mass is 28.3. The molecular weight excluding hydrogens is 208 g/mol. The maximum absolute atomic E-state index is 2.48. The third-order valence-corrected chi connectivity index (χ3v) is 5.68. The summed E-state index contributed by atoms with van der Waals surface area (Å²) in [6.45, 7) is 7.24. The standard InChI is InChI=1S/C15H22Si/c1-4-5-8-13-11-12-9-6-7-10-14(12)15(13)16(2)3/h6-7,9-11,15-16H,4-5,8H2,1-3H3. The van der Waals surface area contributed by atoms with Crippen LogP contribution in [0.4, 0.5) is 0 Å². The molecule has 0 bridgehead atoms. The third kappa shape index (κ3) is 2.15. The van der Waals surface area contributed by atoms with Gasteiger partial charge in [-0.05, 0) is 29.5 Å². The minimum atomic E-state index is -0.629. The normalized spacial score (nSPS) is 18.8. The smallest absolute Gasteiger partial charge is 0.0439 e. The Labute approximate surface area is 101 Å². The molecule has 86 valence electrons. The van der Waals surface area contributed by atoms with Crippen LogP contribution in [0.15, 0.2) is 29.8 Å². The van der Waals surface area contributed by atoms with Crippen molar-refractivity contribution in [3.8, 4) is 0 Å². The molecule has 0 N–H and O–H groups in total. The van der Waals surface area contributed by atoms with Crippen molar-refractivity contribution in [2.24, 2.45) is 0 Å². The molecule has 0 saturated carbocycles. The Balaban J connectivity index is 2.28. The van der Waals surface area contributed by atoms with Gasteiger partial charge >= 0.3 is 0 Å². The van der Waals surface area contributed by atoms with Gasteiger partial charge in [-0.15, -0.1) is 0 Å². The zero-order chi connectivity index (χ0) is 11.5. The summed E-state index contributed by atoms with van der Waals surface area (Å²) in [5.74, 6) is 0. The fourth-order valence-electron chi connectivity index (χ4n) is 2.81. The van der Waals surface area contributed by atoms with E-state index in [1.165, 1.54) is 24.8 Å². The summed E-state index contributed by atoms with van der Waals surface area (Å²) in [6, 6.07) is 8.97. The van der Waals surface area contributed by atoms with Crippen LogP contribution < -0.4 is 0 Å².